The Balaban J connectivity index is 1.78. The Bertz CT molecular complexity index is 880. The molecule has 0 heterocycles. The van der Waals surface area contributed by atoms with E-state index in [2.05, 4.69) is 15.6 Å². The van der Waals surface area contributed by atoms with E-state index in [1.165, 1.54) is 12.1 Å². The van der Waals surface area contributed by atoms with Gasteiger partial charge in [0, 0.05) is 11.6 Å². The summed E-state index contributed by atoms with van der Waals surface area (Å²) in [6, 6.07) is 12.5. The quantitative estimate of drug-likeness (QED) is 0.466. The van der Waals surface area contributed by atoms with Crippen molar-refractivity contribution in [2.75, 3.05) is 6.61 Å². The van der Waals surface area contributed by atoms with Crippen LogP contribution in [0.4, 0.5) is 13.2 Å². The first-order chi connectivity index (χ1) is 13.3. The zero-order valence-electron chi connectivity index (χ0n) is 14.3. The van der Waals surface area contributed by atoms with Crippen LogP contribution in [-0.4, -0.2) is 24.4 Å². The zero-order valence-corrected chi connectivity index (χ0v) is 14.3. The van der Waals surface area contributed by atoms with Crippen LogP contribution in [0.2, 0.25) is 0 Å². The molecule has 2 aromatic rings. The molecule has 0 radical (unpaired) electrons. The minimum absolute atomic E-state index is 0.145. The summed E-state index contributed by atoms with van der Waals surface area (Å²) >= 11 is 0. The van der Waals surface area contributed by atoms with Gasteiger partial charge in [0.1, 0.15) is 0 Å². The first kappa shape index (κ1) is 20.7. The van der Waals surface area contributed by atoms with Crippen molar-refractivity contribution in [2.45, 2.75) is 6.18 Å². The fraction of sp³-hybridized carbons (Fsp3) is 0.105. The van der Waals surface area contributed by atoms with Gasteiger partial charge in [-0.15, -0.1) is 0 Å². The van der Waals surface area contributed by atoms with Gasteiger partial charge in [0.15, 0.2) is 6.61 Å². The second-order valence-electron chi connectivity index (χ2n) is 5.43. The number of hydrogen-bond donors (Lipinski definition) is 2. The molecule has 0 aliphatic carbocycles. The van der Waals surface area contributed by atoms with Crippen LogP contribution in [0.25, 0.3) is 6.08 Å². The molecule has 146 valence electrons. The monoisotopic (exact) mass is 392 g/mol. The van der Waals surface area contributed by atoms with Crippen molar-refractivity contribution in [2.24, 2.45) is 0 Å². The lowest BCUT2D eigenvalue weighted by atomic mass is 10.1. The molecule has 0 atom stereocenters. The van der Waals surface area contributed by atoms with Crippen molar-refractivity contribution < 1.29 is 32.3 Å². The Hall–Kier alpha value is -3.62. The third-order valence-corrected chi connectivity index (χ3v) is 3.32. The number of amides is 2. The molecule has 0 unspecified atom stereocenters. The number of halogens is 3. The van der Waals surface area contributed by atoms with E-state index in [0.717, 1.165) is 24.3 Å². The average molecular weight is 392 g/mol. The van der Waals surface area contributed by atoms with E-state index in [4.69, 9.17) is 0 Å². The molecule has 0 aliphatic rings. The van der Waals surface area contributed by atoms with Crippen molar-refractivity contribution in [3.63, 3.8) is 0 Å². The van der Waals surface area contributed by atoms with Crippen LogP contribution >= 0.6 is 0 Å². The van der Waals surface area contributed by atoms with Crippen LogP contribution in [0.15, 0.2) is 60.7 Å². The topological polar surface area (TPSA) is 84.5 Å². The lowest BCUT2D eigenvalue weighted by Gasteiger charge is -2.07. The molecule has 0 aromatic heterocycles. The van der Waals surface area contributed by atoms with E-state index in [0.29, 0.717) is 5.56 Å². The third kappa shape index (κ3) is 6.60. The second-order valence-corrected chi connectivity index (χ2v) is 5.43. The summed E-state index contributed by atoms with van der Waals surface area (Å²) in [5.41, 5.74) is 3.83. The zero-order chi connectivity index (χ0) is 20.6. The van der Waals surface area contributed by atoms with Crippen LogP contribution in [0.5, 0.6) is 0 Å². The van der Waals surface area contributed by atoms with Gasteiger partial charge < -0.3 is 4.74 Å². The SMILES string of the molecule is O=C(COC(=O)C=Cc1cccc(C(F)(F)F)c1)NNC(=O)c1ccccc1. The minimum Gasteiger partial charge on any atom is -0.452 e. The number of hydrogen-bond acceptors (Lipinski definition) is 4. The van der Waals surface area contributed by atoms with E-state index in [1.807, 2.05) is 0 Å². The Morgan fingerprint density at radius 2 is 1.68 bits per heavy atom. The van der Waals surface area contributed by atoms with Crippen molar-refractivity contribution in [1.29, 1.82) is 0 Å². The maximum Gasteiger partial charge on any atom is 0.416 e. The molecule has 6 nitrogen and oxygen atoms in total. The molecule has 2 N–H and O–H groups in total. The first-order valence-corrected chi connectivity index (χ1v) is 7.92. The van der Waals surface area contributed by atoms with Gasteiger partial charge in [-0.1, -0.05) is 30.3 Å². The van der Waals surface area contributed by atoms with E-state index in [-0.39, 0.29) is 5.56 Å². The fourth-order valence-electron chi connectivity index (χ4n) is 1.99. The van der Waals surface area contributed by atoms with Crippen molar-refractivity contribution in [1.82, 2.24) is 10.9 Å². The van der Waals surface area contributed by atoms with E-state index >= 15 is 0 Å². The Morgan fingerprint density at radius 1 is 0.964 bits per heavy atom. The van der Waals surface area contributed by atoms with Gasteiger partial charge in [0.05, 0.1) is 5.56 Å². The van der Waals surface area contributed by atoms with Gasteiger partial charge >= 0.3 is 12.1 Å². The molecule has 0 fully saturated rings. The summed E-state index contributed by atoms with van der Waals surface area (Å²) < 4.78 is 42.5. The van der Waals surface area contributed by atoms with Gasteiger partial charge in [-0.05, 0) is 35.9 Å². The number of hydrazine groups is 1. The number of rotatable bonds is 5. The molecule has 2 rings (SSSR count). The van der Waals surface area contributed by atoms with E-state index in [1.54, 1.807) is 30.3 Å². The summed E-state index contributed by atoms with van der Waals surface area (Å²) in [5, 5.41) is 0. The summed E-state index contributed by atoms with van der Waals surface area (Å²) in [7, 11) is 0. The molecule has 0 spiro atoms. The molecular formula is C19H15F3N2O4. The molecule has 0 saturated carbocycles. The molecule has 28 heavy (non-hydrogen) atoms. The molecule has 2 amide bonds. The maximum atomic E-state index is 12.6. The molecule has 0 saturated heterocycles. The molecule has 2 aromatic carbocycles. The van der Waals surface area contributed by atoms with Gasteiger partial charge in [-0.25, -0.2) is 4.79 Å². The normalized spacial score (nSPS) is 11.1. The highest BCUT2D eigenvalue weighted by Crippen LogP contribution is 2.29. The van der Waals surface area contributed by atoms with Crippen LogP contribution in [0.3, 0.4) is 0 Å². The lowest BCUT2D eigenvalue weighted by Crippen LogP contribution is -2.43. The Morgan fingerprint density at radius 3 is 2.36 bits per heavy atom. The number of alkyl halides is 3. The predicted molar refractivity (Wildman–Crippen MR) is 93.5 cm³/mol. The highest BCUT2D eigenvalue weighted by Gasteiger charge is 2.30. The highest BCUT2D eigenvalue weighted by atomic mass is 19.4. The van der Waals surface area contributed by atoms with Crippen LogP contribution in [0, 0.1) is 0 Å². The molecular weight excluding hydrogens is 377 g/mol. The van der Waals surface area contributed by atoms with Gasteiger partial charge in [-0.3, -0.25) is 20.4 Å². The summed E-state index contributed by atoms with van der Waals surface area (Å²) in [5.74, 6) is -2.27. The molecule has 0 aliphatic heterocycles. The fourth-order valence-corrected chi connectivity index (χ4v) is 1.99. The summed E-state index contributed by atoms with van der Waals surface area (Å²) in [6.07, 6.45) is -2.47. The highest BCUT2D eigenvalue weighted by molar-refractivity contribution is 5.95. The minimum atomic E-state index is -4.49. The number of nitrogens with one attached hydrogen (secondary N) is 2. The molecule has 0 bridgehead atoms. The van der Waals surface area contributed by atoms with E-state index in [9.17, 15) is 27.6 Å². The largest absolute Gasteiger partial charge is 0.452 e. The first-order valence-electron chi connectivity index (χ1n) is 7.92. The maximum absolute atomic E-state index is 12.6. The third-order valence-electron chi connectivity index (χ3n) is 3.32. The summed E-state index contributed by atoms with van der Waals surface area (Å²) in [6.45, 7) is -0.680. The average Bonchev–Trinajstić information content (AvgIpc) is 2.69. The number of ether oxygens (including phenoxy) is 1. The Labute approximate surface area is 158 Å². The lowest BCUT2D eigenvalue weighted by molar-refractivity contribution is -0.144. The van der Waals surface area contributed by atoms with Gasteiger partial charge in [0.25, 0.3) is 11.8 Å². The van der Waals surface area contributed by atoms with Crippen molar-refractivity contribution in [3.05, 3.63) is 77.4 Å². The second kappa shape index (κ2) is 9.36. The van der Waals surface area contributed by atoms with Gasteiger partial charge in [-0.2, -0.15) is 13.2 Å². The van der Waals surface area contributed by atoms with E-state index < -0.39 is 36.1 Å². The number of carbonyl (C=O) groups excluding carboxylic acids is 3. The smallest absolute Gasteiger partial charge is 0.416 e. The predicted octanol–water partition coefficient (Wildman–Crippen LogP) is 2.72. The van der Waals surface area contributed by atoms with Crippen LogP contribution < -0.4 is 10.9 Å². The molecule has 9 heteroatoms. The van der Waals surface area contributed by atoms with Crippen LogP contribution in [0.1, 0.15) is 21.5 Å². The standard InChI is InChI=1S/C19H15F3N2O4/c20-19(21,22)15-8-4-5-13(11-15)9-10-17(26)28-12-16(25)23-24-18(27)14-6-2-1-3-7-14/h1-11H,12H2,(H,23,25)(H,24,27). The summed E-state index contributed by atoms with van der Waals surface area (Å²) in [4.78, 5) is 34.8. The number of esters is 1. The van der Waals surface area contributed by atoms with Gasteiger partial charge in [0.2, 0.25) is 0 Å². The van der Waals surface area contributed by atoms with Crippen molar-refractivity contribution in [3.8, 4) is 0 Å². The Kier molecular flexibility index (Phi) is 6.91. The number of carbonyl (C=O) groups is 3. The number of benzene rings is 2. The van der Waals surface area contributed by atoms with Crippen LogP contribution in [-0.2, 0) is 20.5 Å². The van der Waals surface area contributed by atoms with Crippen molar-refractivity contribution >= 4 is 23.9 Å².